The minimum atomic E-state index is -1.25. The minimum absolute atomic E-state index is 0.0290. The van der Waals surface area contributed by atoms with E-state index in [9.17, 15) is 29.4 Å². The number of carboxylic acids is 1. The van der Waals surface area contributed by atoms with Crippen molar-refractivity contribution < 1.29 is 29.4 Å². The predicted octanol–water partition coefficient (Wildman–Crippen LogP) is -1.17. The van der Waals surface area contributed by atoms with Gasteiger partial charge in [0.15, 0.2) is 0 Å². The molecule has 4 atom stereocenters. The van der Waals surface area contributed by atoms with E-state index in [-0.39, 0.29) is 30.8 Å². The standard InChI is InChI=1S/C24H35N7O6S/c25-8-2-1-3-18(22(34)30-19(24(36)37)10-15-11-27-13-28-15)29-23(35)20(12-38)31-21(33)17(26)9-14-4-6-16(32)7-5-14/h4-7,11,13,17-20,32,38H,1-3,8-10,12,25-26H2,(H,27,28)(H,29,35)(H,30,34)(H,31,33)(H,36,37). The van der Waals surface area contributed by atoms with Gasteiger partial charge in [0.2, 0.25) is 17.7 Å². The van der Waals surface area contributed by atoms with Gasteiger partial charge in [0, 0.05) is 24.1 Å². The van der Waals surface area contributed by atoms with Crippen LogP contribution in [0.3, 0.4) is 0 Å². The number of hydrogen-bond donors (Lipinski definition) is 9. The molecule has 1 heterocycles. The lowest BCUT2D eigenvalue weighted by atomic mass is 10.0. The van der Waals surface area contributed by atoms with E-state index in [1.165, 1.54) is 24.7 Å². The maximum Gasteiger partial charge on any atom is 0.326 e. The largest absolute Gasteiger partial charge is 0.508 e. The van der Waals surface area contributed by atoms with E-state index in [2.05, 4.69) is 38.5 Å². The number of unbranched alkanes of at least 4 members (excludes halogenated alkanes) is 1. The summed E-state index contributed by atoms with van der Waals surface area (Å²) in [7, 11) is 0. The first-order chi connectivity index (χ1) is 18.1. The monoisotopic (exact) mass is 549 g/mol. The van der Waals surface area contributed by atoms with Crippen LogP contribution < -0.4 is 27.4 Å². The lowest BCUT2D eigenvalue weighted by molar-refractivity contribution is -0.142. The molecule has 0 radical (unpaired) electrons. The van der Waals surface area contributed by atoms with Crippen molar-refractivity contribution >= 4 is 36.3 Å². The Morgan fingerprint density at radius 1 is 0.947 bits per heavy atom. The summed E-state index contributed by atoms with van der Waals surface area (Å²) in [5.41, 5.74) is 12.8. The van der Waals surface area contributed by atoms with Crippen LogP contribution in [0.4, 0.5) is 0 Å². The van der Waals surface area contributed by atoms with E-state index in [4.69, 9.17) is 11.5 Å². The normalized spacial score (nSPS) is 14.1. The summed E-state index contributed by atoms with van der Waals surface area (Å²) < 4.78 is 0. The number of nitrogens with two attached hydrogens (primary N) is 2. The number of rotatable bonds is 16. The van der Waals surface area contributed by atoms with Crippen LogP contribution in [-0.4, -0.2) is 80.3 Å². The van der Waals surface area contributed by atoms with Crippen LogP contribution in [0.5, 0.6) is 5.75 Å². The van der Waals surface area contributed by atoms with Crippen LogP contribution in [0.2, 0.25) is 0 Å². The molecule has 208 valence electrons. The third kappa shape index (κ3) is 10.0. The second-order valence-electron chi connectivity index (χ2n) is 8.75. The van der Waals surface area contributed by atoms with Crippen molar-refractivity contribution in [3.05, 3.63) is 48.0 Å². The van der Waals surface area contributed by atoms with E-state index in [0.29, 0.717) is 25.1 Å². The zero-order valence-corrected chi connectivity index (χ0v) is 21.7. The number of nitrogens with one attached hydrogen (secondary N) is 4. The van der Waals surface area contributed by atoms with Gasteiger partial charge in [-0.1, -0.05) is 12.1 Å². The molecule has 0 spiro atoms. The highest BCUT2D eigenvalue weighted by Gasteiger charge is 2.30. The highest BCUT2D eigenvalue weighted by atomic mass is 32.1. The molecular formula is C24H35N7O6S. The fourth-order valence-electron chi connectivity index (χ4n) is 3.57. The number of H-pyrrole nitrogens is 1. The first kappa shape index (κ1) is 30.6. The Morgan fingerprint density at radius 3 is 2.16 bits per heavy atom. The third-order valence-electron chi connectivity index (χ3n) is 5.72. The molecular weight excluding hydrogens is 514 g/mol. The summed E-state index contributed by atoms with van der Waals surface area (Å²) in [6.45, 7) is 0.383. The first-order valence-electron chi connectivity index (χ1n) is 12.1. The Balaban J connectivity index is 2.03. The number of thiol groups is 1. The Morgan fingerprint density at radius 2 is 1.58 bits per heavy atom. The zero-order chi connectivity index (χ0) is 28.1. The summed E-state index contributed by atoms with van der Waals surface area (Å²) in [5.74, 6) is -3.18. The Hall–Kier alpha value is -3.62. The van der Waals surface area contributed by atoms with Crippen molar-refractivity contribution in [2.75, 3.05) is 12.3 Å². The van der Waals surface area contributed by atoms with E-state index in [0.717, 1.165) is 5.56 Å². The number of hydrogen-bond acceptors (Lipinski definition) is 9. The van der Waals surface area contributed by atoms with E-state index in [1.807, 2.05) is 0 Å². The smallest absolute Gasteiger partial charge is 0.326 e. The number of amides is 3. The number of benzene rings is 1. The van der Waals surface area contributed by atoms with Gasteiger partial charge in [-0.25, -0.2) is 9.78 Å². The maximum absolute atomic E-state index is 13.0. The van der Waals surface area contributed by atoms with E-state index < -0.39 is 47.9 Å². The molecule has 0 saturated carbocycles. The zero-order valence-electron chi connectivity index (χ0n) is 20.8. The highest BCUT2D eigenvalue weighted by Crippen LogP contribution is 2.11. The molecule has 4 unspecified atom stereocenters. The maximum atomic E-state index is 13.0. The summed E-state index contributed by atoms with van der Waals surface area (Å²) in [5, 5.41) is 26.5. The Bertz CT molecular complexity index is 1050. The molecule has 0 fully saturated rings. The summed E-state index contributed by atoms with van der Waals surface area (Å²) in [6, 6.07) is 1.82. The van der Waals surface area contributed by atoms with Gasteiger partial charge in [-0.3, -0.25) is 14.4 Å². The fraction of sp³-hybridized carbons (Fsp3) is 0.458. The molecule has 0 aliphatic heterocycles. The second-order valence-corrected chi connectivity index (χ2v) is 9.11. The lowest BCUT2D eigenvalue weighted by Gasteiger charge is -2.24. The van der Waals surface area contributed by atoms with Gasteiger partial charge in [0.1, 0.15) is 23.9 Å². The number of aliphatic carboxylic acids is 1. The van der Waals surface area contributed by atoms with Crippen molar-refractivity contribution in [2.45, 2.75) is 56.3 Å². The van der Waals surface area contributed by atoms with Gasteiger partial charge in [0.25, 0.3) is 0 Å². The average Bonchev–Trinajstić information content (AvgIpc) is 3.40. The van der Waals surface area contributed by atoms with E-state index in [1.54, 1.807) is 12.1 Å². The van der Waals surface area contributed by atoms with Crippen LogP contribution in [0.25, 0.3) is 0 Å². The van der Waals surface area contributed by atoms with Gasteiger partial charge in [-0.05, 0) is 49.9 Å². The summed E-state index contributed by atoms with van der Waals surface area (Å²) in [6.07, 6.45) is 4.29. The van der Waals surface area contributed by atoms with Crippen LogP contribution >= 0.6 is 12.6 Å². The quantitative estimate of drug-likeness (QED) is 0.0906. The van der Waals surface area contributed by atoms with Gasteiger partial charge < -0.3 is 42.6 Å². The van der Waals surface area contributed by atoms with Crippen molar-refractivity contribution in [2.24, 2.45) is 11.5 Å². The second kappa shape index (κ2) is 15.6. The molecule has 2 aromatic rings. The van der Waals surface area contributed by atoms with Crippen LogP contribution in [0, 0.1) is 0 Å². The number of imidazole rings is 1. The molecule has 13 nitrogen and oxygen atoms in total. The van der Waals surface area contributed by atoms with Crippen molar-refractivity contribution in [1.82, 2.24) is 25.9 Å². The van der Waals surface area contributed by atoms with Crippen LogP contribution in [0.15, 0.2) is 36.8 Å². The van der Waals surface area contributed by atoms with Gasteiger partial charge >= 0.3 is 5.97 Å². The number of aromatic hydroxyl groups is 1. The van der Waals surface area contributed by atoms with Crippen molar-refractivity contribution in [1.29, 1.82) is 0 Å². The minimum Gasteiger partial charge on any atom is -0.508 e. The van der Waals surface area contributed by atoms with Gasteiger partial charge in [0.05, 0.1) is 12.4 Å². The molecule has 0 aliphatic rings. The van der Waals surface area contributed by atoms with Crippen LogP contribution in [-0.2, 0) is 32.0 Å². The Kier molecular flexibility index (Phi) is 12.6. The molecule has 10 N–H and O–H groups in total. The molecule has 3 amide bonds. The summed E-state index contributed by atoms with van der Waals surface area (Å²) in [4.78, 5) is 56.9. The third-order valence-corrected chi connectivity index (χ3v) is 6.08. The molecule has 2 rings (SSSR count). The molecule has 14 heteroatoms. The fourth-order valence-corrected chi connectivity index (χ4v) is 3.83. The molecule has 0 saturated heterocycles. The number of carbonyl (C=O) groups excluding carboxylic acids is 3. The van der Waals surface area contributed by atoms with Gasteiger partial charge in [-0.15, -0.1) is 0 Å². The Labute approximate surface area is 225 Å². The topological polar surface area (TPSA) is 226 Å². The number of aromatic amines is 1. The molecule has 1 aromatic carbocycles. The van der Waals surface area contributed by atoms with E-state index >= 15 is 0 Å². The number of carbonyl (C=O) groups is 4. The number of phenolic OH excluding ortho intramolecular Hbond substituents is 1. The van der Waals surface area contributed by atoms with Crippen molar-refractivity contribution in [3.63, 3.8) is 0 Å². The predicted molar refractivity (Wildman–Crippen MR) is 142 cm³/mol. The summed E-state index contributed by atoms with van der Waals surface area (Å²) >= 11 is 4.15. The highest BCUT2D eigenvalue weighted by molar-refractivity contribution is 7.80. The number of nitrogens with zero attached hydrogens (tertiary/aromatic N) is 1. The number of carboxylic acid groups (broad SMARTS) is 1. The molecule has 1 aromatic heterocycles. The number of phenols is 1. The van der Waals surface area contributed by atoms with Gasteiger partial charge in [-0.2, -0.15) is 12.6 Å². The SMILES string of the molecule is NCCCCC(NC(=O)C(CS)NC(=O)C(N)Cc1ccc(O)cc1)C(=O)NC(Cc1cnc[nH]1)C(=O)O. The number of aromatic nitrogens is 2. The molecule has 38 heavy (non-hydrogen) atoms. The lowest BCUT2D eigenvalue weighted by Crippen LogP contribution is -2.58. The molecule has 0 aliphatic carbocycles. The molecule has 0 bridgehead atoms. The van der Waals surface area contributed by atoms with Crippen LogP contribution in [0.1, 0.15) is 30.5 Å². The average molecular weight is 550 g/mol. The van der Waals surface area contributed by atoms with Crippen molar-refractivity contribution in [3.8, 4) is 5.75 Å². The first-order valence-corrected chi connectivity index (χ1v) is 12.7.